The summed E-state index contributed by atoms with van der Waals surface area (Å²) in [5.41, 5.74) is -3.82. The van der Waals surface area contributed by atoms with Crippen LogP contribution in [0.25, 0.3) is 20.2 Å². The third kappa shape index (κ3) is 4.24. The van der Waals surface area contributed by atoms with Gasteiger partial charge < -0.3 is 4.18 Å². The smallest absolute Gasteiger partial charge is 0.376 e. The summed E-state index contributed by atoms with van der Waals surface area (Å²) < 4.78 is 66.9. The Balaban J connectivity index is 1.64. The van der Waals surface area contributed by atoms with E-state index in [0.717, 1.165) is 15.6 Å². The van der Waals surface area contributed by atoms with Gasteiger partial charge in [0.05, 0.1) is 0 Å². The van der Waals surface area contributed by atoms with Gasteiger partial charge in [-0.05, 0) is 48.4 Å². The molecule has 0 aliphatic carbocycles. The molecule has 0 spiro atoms. The van der Waals surface area contributed by atoms with Crippen molar-refractivity contribution in [2.24, 2.45) is 0 Å². The summed E-state index contributed by atoms with van der Waals surface area (Å²) in [5.74, 6) is 5.69. The molecule has 0 radical (unpaired) electrons. The van der Waals surface area contributed by atoms with Crippen molar-refractivity contribution in [1.29, 1.82) is 0 Å². The highest BCUT2D eigenvalue weighted by atomic mass is 32.2. The second kappa shape index (κ2) is 7.91. The topological polar surface area (TPSA) is 43.4 Å². The Morgan fingerprint density at radius 3 is 2.26 bits per heavy atom. The number of halogens is 3. The second-order valence-corrected chi connectivity index (χ2v) is 9.34. The third-order valence-electron chi connectivity index (χ3n) is 4.65. The zero-order chi connectivity index (χ0) is 22.2. The average Bonchev–Trinajstić information content (AvgIpc) is 3.09. The van der Waals surface area contributed by atoms with Crippen molar-refractivity contribution < 1.29 is 25.8 Å². The molecule has 0 fully saturated rings. The molecule has 4 rings (SSSR count). The third-order valence-corrected chi connectivity index (χ3v) is 6.75. The van der Waals surface area contributed by atoms with E-state index in [0.29, 0.717) is 11.1 Å². The van der Waals surface area contributed by atoms with Gasteiger partial charge in [-0.2, -0.15) is 21.6 Å². The van der Waals surface area contributed by atoms with Crippen molar-refractivity contribution in [3.05, 3.63) is 77.4 Å². The molecule has 0 saturated carbocycles. The van der Waals surface area contributed by atoms with Crippen LogP contribution in [0.1, 0.15) is 23.6 Å². The fraction of sp³-hybridized carbons (Fsp3) is 0.130. The Hall–Kier alpha value is -3.02. The molecular weight excluding hydrogens is 445 g/mol. The van der Waals surface area contributed by atoms with Gasteiger partial charge in [0.1, 0.15) is 5.75 Å². The molecule has 0 unspecified atom stereocenters. The lowest BCUT2D eigenvalue weighted by Crippen LogP contribution is -2.28. The maximum Gasteiger partial charge on any atom is 0.534 e. The summed E-state index contributed by atoms with van der Waals surface area (Å²) in [6, 6.07) is 18.3. The molecule has 0 amide bonds. The van der Waals surface area contributed by atoms with Crippen molar-refractivity contribution in [2.45, 2.75) is 18.9 Å². The standard InChI is InChI=1S/C23H15F3O3S2/c1-2-17-13-15(10-12-20(17)29-31(27,28)23(24,25)26)7-8-16-9-11-19-18-5-3-4-6-21(18)30-22(19)14-16/h3-6,9-14H,2H2,1H3. The van der Waals surface area contributed by atoms with Gasteiger partial charge >= 0.3 is 15.6 Å². The van der Waals surface area contributed by atoms with Crippen LogP contribution in [0, 0.1) is 11.8 Å². The Morgan fingerprint density at radius 2 is 1.55 bits per heavy atom. The minimum absolute atomic E-state index is 0.284. The normalized spacial score (nSPS) is 12.0. The number of aryl methyl sites for hydroxylation is 1. The number of benzene rings is 3. The van der Waals surface area contributed by atoms with Crippen molar-refractivity contribution >= 4 is 41.6 Å². The first-order valence-corrected chi connectivity index (χ1v) is 11.5. The van der Waals surface area contributed by atoms with Gasteiger partial charge in [-0.1, -0.05) is 43.0 Å². The van der Waals surface area contributed by atoms with Crippen LogP contribution < -0.4 is 4.18 Å². The molecule has 1 aromatic heterocycles. The van der Waals surface area contributed by atoms with Crippen LogP contribution in [0.3, 0.4) is 0 Å². The first-order chi connectivity index (χ1) is 14.7. The number of rotatable bonds is 3. The van der Waals surface area contributed by atoms with Crippen LogP contribution in [0.2, 0.25) is 0 Å². The van der Waals surface area contributed by atoms with Gasteiger partial charge in [-0.25, -0.2) is 0 Å². The molecular formula is C23H15F3O3S2. The molecule has 3 nitrogen and oxygen atoms in total. The second-order valence-electron chi connectivity index (χ2n) is 6.72. The minimum atomic E-state index is -5.72. The monoisotopic (exact) mass is 460 g/mol. The highest BCUT2D eigenvalue weighted by Gasteiger charge is 2.48. The molecule has 3 aromatic carbocycles. The molecule has 0 aliphatic heterocycles. The van der Waals surface area contributed by atoms with E-state index >= 15 is 0 Å². The van der Waals surface area contributed by atoms with E-state index < -0.39 is 15.6 Å². The van der Waals surface area contributed by atoms with Gasteiger partial charge in [0, 0.05) is 31.3 Å². The first-order valence-electron chi connectivity index (χ1n) is 9.25. The number of hydrogen-bond acceptors (Lipinski definition) is 4. The lowest BCUT2D eigenvalue weighted by molar-refractivity contribution is -0.0500. The molecule has 0 bridgehead atoms. The largest absolute Gasteiger partial charge is 0.534 e. The molecule has 0 N–H and O–H groups in total. The number of hydrogen-bond donors (Lipinski definition) is 0. The van der Waals surface area contributed by atoms with Gasteiger partial charge in [-0.3, -0.25) is 0 Å². The van der Waals surface area contributed by atoms with Crippen LogP contribution in [0.5, 0.6) is 5.75 Å². The molecule has 8 heteroatoms. The summed E-state index contributed by atoms with van der Waals surface area (Å²) in [7, 11) is -5.72. The van der Waals surface area contributed by atoms with Crippen LogP contribution in [0.15, 0.2) is 60.7 Å². The summed E-state index contributed by atoms with van der Waals surface area (Å²) in [6.07, 6.45) is 0.284. The predicted octanol–water partition coefficient (Wildman–Crippen LogP) is 6.25. The Labute approximate surface area is 181 Å². The maximum atomic E-state index is 12.6. The highest BCUT2D eigenvalue weighted by Crippen LogP contribution is 2.34. The van der Waals surface area contributed by atoms with Gasteiger partial charge in [-0.15, -0.1) is 11.3 Å². The summed E-state index contributed by atoms with van der Waals surface area (Å²) in [4.78, 5) is 0. The van der Waals surface area contributed by atoms with E-state index in [9.17, 15) is 21.6 Å². The van der Waals surface area contributed by atoms with Gasteiger partial charge in [0.25, 0.3) is 0 Å². The van der Waals surface area contributed by atoms with Crippen LogP contribution in [-0.2, 0) is 16.5 Å². The molecule has 4 aromatic rings. The van der Waals surface area contributed by atoms with E-state index in [1.165, 1.54) is 28.3 Å². The van der Waals surface area contributed by atoms with Crippen molar-refractivity contribution in [3.8, 4) is 17.6 Å². The van der Waals surface area contributed by atoms with E-state index in [1.807, 2.05) is 30.3 Å². The lowest BCUT2D eigenvalue weighted by Gasteiger charge is -2.12. The van der Waals surface area contributed by atoms with Crippen LogP contribution in [0.4, 0.5) is 13.2 Å². The first kappa shape index (κ1) is 21.2. The maximum absolute atomic E-state index is 12.6. The molecule has 158 valence electrons. The molecule has 1 heterocycles. The van der Waals surface area contributed by atoms with E-state index in [-0.39, 0.29) is 12.2 Å². The fourth-order valence-electron chi connectivity index (χ4n) is 3.13. The van der Waals surface area contributed by atoms with Crippen molar-refractivity contribution in [3.63, 3.8) is 0 Å². The van der Waals surface area contributed by atoms with Crippen LogP contribution in [-0.4, -0.2) is 13.9 Å². The van der Waals surface area contributed by atoms with Crippen molar-refractivity contribution in [1.82, 2.24) is 0 Å². The Morgan fingerprint density at radius 1 is 0.903 bits per heavy atom. The van der Waals surface area contributed by atoms with E-state index in [1.54, 1.807) is 18.3 Å². The Bertz CT molecular complexity index is 1460. The SMILES string of the molecule is CCc1cc(C#Cc2ccc3c(c2)sc2ccccc23)ccc1OS(=O)(=O)C(F)(F)F. The lowest BCUT2D eigenvalue weighted by atomic mass is 10.1. The molecule has 0 atom stereocenters. The number of fused-ring (bicyclic) bond motifs is 3. The summed E-state index contributed by atoms with van der Waals surface area (Å²) >= 11 is 1.68. The Kier molecular flexibility index (Phi) is 5.42. The molecule has 31 heavy (non-hydrogen) atoms. The zero-order valence-electron chi connectivity index (χ0n) is 16.2. The number of thiophene rings is 1. The van der Waals surface area contributed by atoms with Gasteiger partial charge in [0.2, 0.25) is 0 Å². The van der Waals surface area contributed by atoms with E-state index in [2.05, 4.69) is 28.2 Å². The van der Waals surface area contributed by atoms with Crippen LogP contribution >= 0.6 is 11.3 Å². The van der Waals surface area contributed by atoms with Gasteiger partial charge in [0.15, 0.2) is 0 Å². The summed E-state index contributed by atoms with van der Waals surface area (Å²) in [5, 5.41) is 2.35. The number of alkyl halides is 3. The average molecular weight is 460 g/mol. The minimum Gasteiger partial charge on any atom is -0.376 e. The summed E-state index contributed by atoms with van der Waals surface area (Å²) in [6.45, 7) is 1.69. The molecule has 0 saturated heterocycles. The fourth-order valence-corrected chi connectivity index (χ4v) is 4.77. The molecule has 0 aliphatic rings. The van der Waals surface area contributed by atoms with Crippen molar-refractivity contribution in [2.75, 3.05) is 0 Å². The zero-order valence-corrected chi connectivity index (χ0v) is 17.8. The quantitative estimate of drug-likeness (QED) is 0.206. The van der Waals surface area contributed by atoms with E-state index in [4.69, 9.17) is 0 Å². The highest BCUT2D eigenvalue weighted by molar-refractivity contribution is 7.88. The predicted molar refractivity (Wildman–Crippen MR) is 117 cm³/mol.